The van der Waals surface area contributed by atoms with Gasteiger partial charge in [0.15, 0.2) is 6.29 Å². The van der Waals surface area contributed by atoms with Crippen LogP contribution >= 0.6 is 0 Å². The van der Waals surface area contributed by atoms with Crippen molar-refractivity contribution in [1.29, 1.82) is 0 Å². The molecule has 0 aliphatic carbocycles. The first-order chi connectivity index (χ1) is 30.8. The fourth-order valence-corrected chi connectivity index (χ4v) is 7.23. The van der Waals surface area contributed by atoms with Crippen molar-refractivity contribution in [2.24, 2.45) is 0 Å². The zero-order valence-corrected chi connectivity index (χ0v) is 39.5. The van der Waals surface area contributed by atoms with E-state index in [2.05, 4.69) is 116 Å². The molecule has 1 heterocycles. The van der Waals surface area contributed by atoms with Crippen LogP contribution in [0, 0.1) is 0 Å². The van der Waals surface area contributed by atoms with Crippen LogP contribution in [0.1, 0.15) is 181 Å². The summed E-state index contributed by atoms with van der Waals surface area (Å²) in [6, 6.07) is -0.731. The van der Waals surface area contributed by atoms with Crippen LogP contribution in [-0.4, -0.2) is 87.5 Å². The molecule has 1 rings (SSSR count). The van der Waals surface area contributed by atoms with Gasteiger partial charge in [-0.2, -0.15) is 0 Å². The van der Waals surface area contributed by atoms with Crippen LogP contribution in [0.25, 0.3) is 0 Å². The van der Waals surface area contributed by atoms with Crippen molar-refractivity contribution >= 4 is 5.91 Å². The van der Waals surface area contributed by atoms with Gasteiger partial charge in [-0.25, -0.2) is 0 Å². The lowest BCUT2D eigenvalue weighted by Crippen LogP contribution is -2.60. The number of nitrogens with one attached hydrogen (secondary N) is 1. The van der Waals surface area contributed by atoms with E-state index in [0.717, 1.165) is 116 Å². The molecule has 0 aromatic heterocycles. The Morgan fingerprint density at radius 1 is 0.556 bits per heavy atom. The van der Waals surface area contributed by atoms with Gasteiger partial charge >= 0.3 is 0 Å². The van der Waals surface area contributed by atoms with E-state index in [9.17, 15) is 30.3 Å². The highest BCUT2D eigenvalue weighted by Crippen LogP contribution is 2.23. The Bertz CT molecular complexity index is 1300. The van der Waals surface area contributed by atoms with Gasteiger partial charge in [0.2, 0.25) is 5.91 Å². The summed E-state index contributed by atoms with van der Waals surface area (Å²) in [4.78, 5) is 13.0. The standard InChI is InChI=1S/C54H91NO8/c1-3-5-7-9-11-13-14-15-16-17-18-19-20-21-22-23-24-25-26-27-28-29-30-31-32-33-34-36-38-40-42-44-50(58)55-47(48(57)43-41-39-37-35-12-10-8-6-4-2)46-62-54-53(61)52(60)51(59)49(45-56)63-54/h5,7,11,13,15-16,18-19,21-22,24-25,27-28,30-31,47-49,51-54,56-57,59-61H,3-4,6,8-10,12,14,17,20,23,26,29,32-46H2,1-2H3,(H,55,58)/b7-5-,13-11-,16-15-,19-18-,22-21-,25-24-,28-27-,31-30-. The third kappa shape index (κ3) is 33.3. The molecule has 1 fully saturated rings. The molecule has 0 radical (unpaired) electrons. The Hall–Kier alpha value is -2.89. The monoisotopic (exact) mass is 882 g/mol. The molecule has 0 saturated carbocycles. The lowest BCUT2D eigenvalue weighted by Gasteiger charge is -2.40. The molecule has 9 heteroatoms. The average molecular weight is 882 g/mol. The maximum absolute atomic E-state index is 13.0. The molecule has 1 aliphatic rings. The van der Waals surface area contributed by atoms with Crippen molar-refractivity contribution in [3.05, 3.63) is 97.2 Å². The van der Waals surface area contributed by atoms with Gasteiger partial charge in [0.25, 0.3) is 0 Å². The van der Waals surface area contributed by atoms with Gasteiger partial charge in [0, 0.05) is 6.42 Å². The predicted octanol–water partition coefficient (Wildman–Crippen LogP) is 11.3. The van der Waals surface area contributed by atoms with Gasteiger partial charge in [-0.15, -0.1) is 0 Å². The summed E-state index contributed by atoms with van der Waals surface area (Å²) in [7, 11) is 0. The smallest absolute Gasteiger partial charge is 0.220 e. The third-order valence-electron chi connectivity index (χ3n) is 11.2. The first-order valence-electron chi connectivity index (χ1n) is 24.9. The zero-order valence-electron chi connectivity index (χ0n) is 39.5. The second-order valence-electron chi connectivity index (χ2n) is 16.9. The van der Waals surface area contributed by atoms with E-state index in [1.165, 1.54) is 38.5 Å². The summed E-state index contributed by atoms with van der Waals surface area (Å²) in [6.07, 6.45) is 54.3. The van der Waals surface area contributed by atoms with Gasteiger partial charge in [-0.3, -0.25) is 4.79 Å². The highest BCUT2D eigenvalue weighted by Gasteiger charge is 2.44. The molecular weight excluding hydrogens is 791 g/mol. The molecule has 7 unspecified atom stereocenters. The molecule has 1 saturated heterocycles. The molecule has 0 aromatic carbocycles. The number of aliphatic hydroxyl groups excluding tert-OH is 5. The number of carbonyl (C=O) groups excluding carboxylic acids is 1. The summed E-state index contributed by atoms with van der Waals surface area (Å²) in [5, 5.41) is 54.2. The van der Waals surface area contributed by atoms with Crippen molar-refractivity contribution in [2.75, 3.05) is 13.2 Å². The fourth-order valence-electron chi connectivity index (χ4n) is 7.23. The van der Waals surface area contributed by atoms with Gasteiger partial charge in [0.1, 0.15) is 24.4 Å². The molecule has 0 aromatic rings. The van der Waals surface area contributed by atoms with Crippen LogP contribution in [0.3, 0.4) is 0 Å². The van der Waals surface area contributed by atoms with Crippen LogP contribution in [-0.2, 0) is 14.3 Å². The highest BCUT2D eigenvalue weighted by atomic mass is 16.7. The van der Waals surface area contributed by atoms with Crippen LogP contribution in [0.2, 0.25) is 0 Å². The summed E-state index contributed by atoms with van der Waals surface area (Å²) >= 11 is 0. The number of rotatable bonds is 40. The minimum Gasteiger partial charge on any atom is -0.394 e. The molecule has 1 aliphatic heterocycles. The van der Waals surface area contributed by atoms with E-state index in [1.807, 2.05) is 0 Å². The summed E-state index contributed by atoms with van der Waals surface area (Å²) in [6.45, 7) is 3.66. The van der Waals surface area contributed by atoms with E-state index < -0.39 is 49.5 Å². The maximum Gasteiger partial charge on any atom is 0.220 e. The summed E-state index contributed by atoms with van der Waals surface area (Å²) < 4.78 is 11.2. The number of hydrogen-bond acceptors (Lipinski definition) is 8. The lowest BCUT2D eigenvalue weighted by molar-refractivity contribution is -0.302. The SMILES string of the molecule is CC/C=C\C/C=C\C/C=C\C/C=C\C/C=C\C/C=C\C/C=C\C/C=C\CCCCCCCCC(=O)NC(COC1OC(CO)C(O)C(O)C1O)C(O)CCCCCCCCCCC. The number of hydrogen-bond donors (Lipinski definition) is 6. The Labute approximate surface area is 383 Å². The molecule has 63 heavy (non-hydrogen) atoms. The molecule has 1 amide bonds. The Balaban J connectivity index is 2.21. The van der Waals surface area contributed by atoms with Gasteiger partial charge in [0.05, 0.1) is 25.4 Å². The summed E-state index contributed by atoms with van der Waals surface area (Å²) in [5.74, 6) is -0.167. The number of aliphatic hydroxyl groups is 5. The maximum atomic E-state index is 13.0. The second kappa shape index (κ2) is 43.0. The first kappa shape index (κ1) is 58.1. The van der Waals surface area contributed by atoms with E-state index in [-0.39, 0.29) is 12.5 Å². The third-order valence-corrected chi connectivity index (χ3v) is 11.2. The highest BCUT2D eigenvalue weighted by molar-refractivity contribution is 5.76. The fraction of sp³-hybridized carbons (Fsp3) is 0.685. The minimum atomic E-state index is -1.56. The van der Waals surface area contributed by atoms with Gasteiger partial charge < -0.3 is 40.3 Å². The van der Waals surface area contributed by atoms with Crippen molar-refractivity contribution < 1.29 is 39.8 Å². The number of carbonyl (C=O) groups is 1. The lowest BCUT2D eigenvalue weighted by atomic mass is 9.99. The van der Waals surface area contributed by atoms with E-state index in [0.29, 0.717) is 12.8 Å². The molecule has 0 bridgehead atoms. The molecule has 6 N–H and O–H groups in total. The molecule has 0 spiro atoms. The number of ether oxygens (including phenoxy) is 2. The zero-order chi connectivity index (χ0) is 45.9. The quantitative estimate of drug-likeness (QED) is 0.0263. The number of unbranched alkanes of at least 4 members (excludes halogenated alkanes) is 14. The van der Waals surface area contributed by atoms with E-state index in [1.54, 1.807) is 0 Å². The van der Waals surface area contributed by atoms with Crippen molar-refractivity contribution in [1.82, 2.24) is 5.32 Å². The normalized spacial score (nSPS) is 21.0. The number of amides is 1. The topological polar surface area (TPSA) is 149 Å². The van der Waals surface area contributed by atoms with Crippen molar-refractivity contribution in [2.45, 2.75) is 224 Å². The Kier molecular flexibility index (Phi) is 39.7. The van der Waals surface area contributed by atoms with E-state index >= 15 is 0 Å². The van der Waals surface area contributed by atoms with E-state index in [4.69, 9.17) is 9.47 Å². The Morgan fingerprint density at radius 3 is 1.46 bits per heavy atom. The van der Waals surface area contributed by atoms with Crippen molar-refractivity contribution in [3.8, 4) is 0 Å². The van der Waals surface area contributed by atoms with Gasteiger partial charge in [-0.1, -0.05) is 195 Å². The predicted molar refractivity (Wildman–Crippen MR) is 262 cm³/mol. The van der Waals surface area contributed by atoms with Crippen LogP contribution in [0.15, 0.2) is 97.2 Å². The molecule has 9 nitrogen and oxygen atoms in total. The van der Waals surface area contributed by atoms with Crippen LogP contribution in [0.4, 0.5) is 0 Å². The van der Waals surface area contributed by atoms with Crippen molar-refractivity contribution in [3.63, 3.8) is 0 Å². The van der Waals surface area contributed by atoms with Crippen LogP contribution in [0.5, 0.6) is 0 Å². The van der Waals surface area contributed by atoms with Gasteiger partial charge in [-0.05, 0) is 77.0 Å². The number of allylic oxidation sites excluding steroid dienone is 16. The first-order valence-corrected chi connectivity index (χ1v) is 24.9. The minimum absolute atomic E-state index is 0.151. The second-order valence-corrected chi connectivity index (χ2v) is 16.9. The largest absolute Gasteiger partial charge is 0.394 e. The summed E-state index contributed by atoms with van der Waals surface area (Å²) in [5.41, 5.74) is 0. The molecule has 360 valence electrons. The average Bonchev–Trinajstić information content (AvgIpc) is 3.28. The Morgan fingerprint density at radius 2 is 0.984 bits per heavy atom. The molecular formula is C54H91NO8. The molecule has 7 atom stereocenters. The van der Waals surface area contributed by atoms with Crippen LogP contribution < -0.4 is 5.32 Å².